The van der Waals surface area contributed by atoms with Crippen LogP contribution in [0.5, 0.6) is 0 Å². The topological polar surface area (TPSA) is 78.4 Å². The van der Waals surface area contributed by atoms with Crippen LogP contribution in [0.2, 0.25) is 0 Å². The third-order valence-corrected chi connectivity index (χ3v) is 5.80. The van der Waals surface area contributed by atoms with Gasteiger partial charge >= 0.3 is 0 Å². The van der Waals surface area contributed by atoms with Crippen LogP contribution in [-0.2, 0) is 10.0 Å². The van der Waals surface area contributed by atoms with Gasteiger partial charge in [-0.25, -0.2) is 8.42 Å². The Balaban J connectivity index is 1.88. The molecule has 26 heavy (non-hydrogen) atoms. The Bertz CT molecular complexity index is 959. The Morgan fingerprint density at radius 1 is 1.12 bits per heavy atom. The molecule has 0 radical (unpaired) electrons. The van der Waals surface area contributed by atoms with Crippen LogP contribution in [0.1, 0.15) is 44.9 Å². The van der Waals surface area contributed by atoms with E-state index >= 15 is 0 Å². The largest absolute Gasteiger partial charge is 0.389 e. The van der Waals surface area contributed by atoms with E-state index in [0.717, 1.165) is 16.8 Å². The Morgan fingerprint density at radius 2 is 1.77 bits per heavy atom. The Kier molecular flexibility index (Phi) is 4.58. The second kappa shape index (κ2) is 6.45. The molecule has 2 aromatic carbocycles. The maximum Gasteiger partial charge on any atom is 0.261 e. The number of allylic oxidation sites excluding steroid dienone is 1. The van der Waals surface area contributed by atoms with E-state index in [1.165, 1.54) is 12.1 Å². The van der Waals surface area contributed by atoms with Crippen molar-refractivity contribution < 1.29 is 13.5 Å². The van der Waals surface area contributed by atoms with Crippen LogP contribution in [0.4, 0.5) is 11.4 Å². The van der Waals surface area contributed by atoms with Crippen LogP contribution in [0.25, 0.3) is 5.57 Å². The van der Waals surface area contributed by atoms with Crippen molar-refractivity contribution in [2.75, 3.05) is 10.0 Å². The van der Waals surface area contributed by atoms with E-state index < -0.39 is 16.1 Å². The van der Waals surface area contributed by atoms with Gasteiger partial charge in [-0.1, -0.05) is 18.2 Å². The zero-order valence-electron chi connectivity index (χ0n) is 15.4. The average molecular weight is 372 g/mol. The molecular weight excluding hydrogens is 348 g/mol. The number of hydrogen-bond donors (Lipinski definition) is 3. The van der Waals surface area contributed by atoms with Gasteiger partial charge in [0.25, 0.3) is 10.0 Å². The van der Waals surface area contributed by atoms with Gasteiger partial charge in [-0.2, -0.15) is 0 Å². The molecule has 1 atom stereocenters. The number of sulfonamides is 1. The van der Waals surface area contributed by atoms with Gasteiger partial charge in [0, 0.05) is 16.9 Å². The third kappa shape index (κ3) is 3.76. The molecule has 5 nitrogen and oxygen atoms in total. The molecule has 1 unspecified atom stereocenters. The smallest absolute Gasteiger partial charge is 0.261 e. The van der Waals surface area contributed by atoms with Gasteiger partial charge in [0.1, 0.15) is 0 Å². The fourth-order valence-electron chi connectivity index (χ4n) is 3.18. The molecule has 138 valence electrons. The number of hydrogen-bond acceptors (Lipinski definition) is 4. The predicted molar refractivity (Wildman–Crippen MR) is 106 cm³/mol. The first-order valence-electron chi connectivity index (χ1n) is 8.50. The molecule has 2 aromatic rings. The van der Waals surface area contributed by atoms with Crippen molar-refractivity contribution in [1.82, 2.24) is 0 Å². The monoisotopic (exact) mass is 372 g/mol. The predicted octanol–water partition coefficient (Wildman–Crippen LogP) is 4.15. The molecule has 0 aromatic heterocycles. The quantitative estimate of drug-likeness (QED) is 0.753. The lowest BCUT2D eigenvalue weighted by atomic mass is 9.91. The summed E-state index contributed by atoms with van der Waals surface area (Å²) in [7, 11) is -3.69. The number of benzene rings is 2. The van der Waals surface area contributed by atoms with Crippen molar-refractivity contribution in [2.24, 2.45) is 0 Å². The van der Waals surface area contributed by atoms with Crippen LogP contribution in [0.3, 0.4) is 0 Å². The zero-order chi connectivity index (χ0) is 19.1. The highest BCUT2D eigenvalue weighted by molar-refractivity contribution is 7.92. The molecule has 0 saturated carbocycles. The van der Waals surface area contributed by atoms with Crippen LogP contribution in [0, 0.1) is 0 Å². The van der Waals surface area contributed by atoms with Gasteiger partial charge in [0.15, 0.2) is 0 Å². The standard InChI is InChI=1S/C20H24N2O3S/c1-13-12-20(3,4)21-19-10-7-16(11-18(13)19)22-26(24,25)17-8-5-15(6-9-17)14(2)23/h5-12,14,21-23H,1-4H3. The van der Waals surface area contributed by atoms with Gasteiger partial charge in [-0.3, -0.25) is 4.72 Å². The Hall–Kier alpha value is -2.31. The number of rotatable bonds is 4. The van der Waals surface area contributed by atoms with Crippen molar-refractivity contribution in [3.63, 3.8) is 0 Å². The molecule has 1 aliphatic heterocycles. The molecule has 0 bridgehead atoms. The molecule has 1 aliphatic rings. The molecule has 3 N–H and O–H groups in total. The number of fused-ring (bicyclic) bond motifs is 1. The first-order valence-corrected chi connectivity index (χ1v) is 9.99. The lowest BCUT2D eigenvalue weighted by molar-refractivity contribution is 0.199. The average Bonchev–Trinajstić information content (AvgIpc) is 2.54. The van der Waals surface area contributed by atoms with E-state index in [0.29, 0.717) is 11.3 Å². The minimum Gasteiger partial charge on any atom is -0.389 e. The number of aliphatic hydroxyl groups is 1. The SMILES string of the molecule is CC1=CC(C)(C)Nc2ccc(NS(=O)(=O)c3ccc(C(C)O)cc3)cc21. The van der Waals surface area contributed by atoms with E-state index in [-0.39, 0.29) is 10.4 Å². The number of anilines is 2. The first-order chi connectivity index (χ1) is 12.1. The molecule has 3 rings (SSSR count). The van der Waals surface area contributed by atoms with Gasteiger partial charge in [0.2, 0.25) is 0 Å². The highest BCUT2D eigenvalue weighted by Crippen LogP contribution is 2.35. The first kappa shape index (κ1) is 18.5. The lowest BCUT2D eigenvalue weighted by Crippen LogP contribution is -2.31. The minimum absolute atomic E-state index is 0.135. The Morgan fingerprint density at radius 3 is 2.38 bits per heavy atom. The van der Waals surface area contributed by atoms with Crippen LogP contribution >= 0.6 is 0 Å². The summed E-state index contributed by atoms with van der Waals surface area (Å²) in [5.74, 6) is 0. The summed E-state index contributed by atoms with van der Waals surface area (Å²) in [6, 6.07) is 11.7. The maximum atomic E-state index is 12.6. The van der Waals surface area contributed by atoms with Gasteiger partial charge in [-0.05, 0) is 69.2 Å². The molecule has 0 fully saturated rings. The molecule has 0 amide bonds. The fourth-order valence-corrected chi connectivity index (χ4v) is 4.23. The van der Waals surface area contributed by atoms with Crippen molar-refractivity contribution in [3.8, 4) is 0 Å². The van der Waals surface area contributed by atoms with E-state index in [4.69, 9.17) is 0 Å². The zero-order valence-corrected chi connectivity index (χ0v) is 16.2. The molecule has 0 aliphatic carbocycles. The van der Waals surface area contributed by atoms with Gasteiger partial charge < -0.3 is 10.4 Å². The summed E-state index contributed by atoms with van der Waals surface area (Å²) in [5, 5.41) is 13.0. The minimum atomic E-state index is -3.69. The summed E-state index contributed by atoms with van der Waals surface area (Å²) >= 11 is 0. The molecule has 6 heteroatoms. The molecule has 1 heterocycles. The van der Waals surface area contributed by atoms with Crippen molar-refractivity contribution in [3.05, 3.63) is 59.7 Å². The normalized spacial score (nSPS) is 16.9. The highest BCUT2D eigenvalue weighted by atomic mass is 32.2. The second-order valence-corrected chi connectivity index (χ2v) is 8.97. The summed E-state index contributed by atoms with van der Waals surface area (Å²) in [6.45, 7) is 7.84. The van der Waals surface area contributed by atoms with E-state index in [2.05, 4.69) is 30.0 Å². The van der Waals surface area contributed by atoms with Crippen LogP contribution in [0.15, 0.2) is 53.4 Å². The summed E-state index contributed by atoms with van der Waals surface area (Å²) < 4.78 is 27.9. The Labute approximate surface area is 154 Å². The van der Waals surface area contributed by atoms with Crippen molar-refractivity contribution in [1.29, 1.82) is 0 Å². The third-order valence-electron chi connectivity index (χ3n) is 4.40. The molecule has 0 spiro atoms. The number of nitrogens with one attached hydrogen (secondary N) is 2. The van der Waals surface area contributed by atoms with E-state index in [1.54, 1.807) is 25.1 Å². The maximum absolute atomic E-state index is 12.6. The van der Waals surface area contributed by atoms with E-state index in [9.17, 15) is 13.5 Å². The fraction of sp³-hybridized carbons (Fsp3) is 0.300. The molecule has 0 saturated heterocycles. The van der Waals surface area contributed by atoms with Gasteiger partial charge in [0.05, 0.1) is 16.5 Å². The summed E-state index contributed by atoms with van der Waals surface area (Å²) in [5.41, 5.74) is 4.12. The summed E-state index contributed by atoms with van der Waals surface area (Å²) in [6.07, 6.45) is 1.49. The van der Waals surface area contributed by atoms with Crippen LogP contribution < -0.4 is 10.0 Å². The molecular formula is C20H24N2O3S. The summed E-state index contributed by atoms with van der Waals surface area (Å²) in [4.78, 5) is 0.158. The lowest BCUT2D eigenvalue weighted by Gasteiger charge is -2.31. The van der Waals surface area contributed by atoms with Crippen molar-refractivity contribution in [2.45, 2.75) is 44.2 Å². The highest BCUT2D eigenvalue weighted by Gasteiger charge is 2.23. The van der Waals surface area contributed by atoms with Crippen LogP contribution in [-0.4, -0.2) is 19.1 Å². The second-order valence-electron chi connectivity index (χ2n) is 7.28. The van der Waals surface area contributed by atoms with Gasteiger partial charge in [-0.15, -0.1) is 0 Å². The van der Waals surface area contributed by atoms with E-state index in [1.807, 2.05) is 19.1 Å². The number of aliphatic hydroxyl groups excluding tert-OH is 1. The van der Waals surface area contributed by atoms with Crippen molar-refractivity contribution >= 4 is 27.0 Å².